The lowest BCUT2D eigenvalue weighted by molar-refractivity contribution is 0.0512. The molecule has 0 amide bonds. The summed E-state index contributed by atoms with van der Waals surface area (Å²) in [6, 6.07) is 14.3. The van der Waals surface area contributed by atoms with Crippen molar-refractivity contribution in [2.24, 2.45) is 0 Å². The quantitative estimate of drug-likeness (QED) is 0.247. The molecule has 0 radical (unpaired) electrons. The average molecular weight is 440 g/mol. The topological polar surface area (TPSA) is 69.4 Å². The minimum absolute atomic E-state index is 0.0723. The van der Waals surface area contributed by atoms with Crippen molar-refractivity contribution in [1.82, 2.24) is 5.16 Å². The van der Waals surface area contributed by atoms with E-state index in [1.807, 2.05) is 36.4 Å². The molecule has 1 aromatic heterocycles. The highest BCUT2D eigenvalue weighted by Crippen LogP contribution is 2.43. The molecule has 160 valence electrons. The average Bonchev–Trinajstić information content (AvgIpc) is 3.53. The van der Waals surface area contributed by atoms with Gasteiger partial charge in [-0.25, -0.2) is 9.18 Å². The fourth-order valence-corrected chi connectivity index (χ4v) is 4.19. The Bertz CT molecular complexity index is 1110. The first kappa shape index (κ1) is 21.3. The van der Waals surface area contributed by atoms with Gasteiger partial charge in [-0.15, -0.1) is 0 Å². The Morgan fingerprint density at radius 2 is 1.84 bits per heavy atom. The second-order valence-electron chi connectivity index (χ2n) is 7.29. The summed E-state index contributed by atoms with van der Waals surface area (Å²) < 4.78 is 23.5. The van der Waals surface area contributed by atoms with E-state index in [4.69, 9.17) is 9.26 Å². The van der Waals surface area contributed by atoms with E-state index in [-0.39, 0.29) is 29.6 Å². The van der Waals surface area contributed by atoms with E-state index < -0.39 is 12.0 Å². The molecule has 3 aromatic rings. The molecule has 1 aliphatic carbocycles. The van der Waals surface area contributed by atoms with Crippen molar-refractivity contribution < 1.29 is 23.2 Å². The number of thioether (sulfide) groups is 1. The van der Waals surface area contributed by atoms with Crippen LogP contribution in [0, 0.1) is 0 Å². The Kier molecular flexibility index (Phi) is 6.51. The fourth-order valence-electron chi connectivity index (χ4n) is 3.57. The molecule has 4 rings (SSSR count). The Morgan fingerprint density at radius 3 is 2.55 bits per heavy atom. The summed E-state index contributed by atoms with van der Waals surface area (Å²) in [4.78, 5) is 26.9. The molecule has 0 atom stereocenters. The lowest BCUT2D eigenvalue weighted by Gasteiger charge is -2.12. The van der Waals surface area contributed by atoms with Gasteiger partial charge in [0.1, 0.15) is 11.6 Å². The molecule has 0 saturated heterocycles. The first-order valence-electron chi connectivity index (χ1n) is 10.2. The van der Waals surface area contributed by atoms with Gasteiger partial charge >= 0.3 is 5.97 Å². The van der Waals surface area contributed by atoms with E-state index in [0.717, 1.165) is 40.6 Å². The molecule has 0 N–H and O–H groups in total. The van der Waals surface area contributed by atoms with Gasteiger partial charge in [0.05, 0.1) is 6.61 Å². The number of ketones is 1. The minimum atomic E-state index is -0.663. The smallest absolute Gasteiger partial charge is 0.361 e. The number of hydrogen-bond donors (Lipinski definition) is 0. The zero-order valence-corrected chi connectivity index (χ0v) is 17.9. The number of ether oxygens (including phenoxy) is 1. The molecule has 1 heterocycles. The van der Waals surface area contributed by atoms with Crippen molar-refractivity contribution in [3.8, 4) is 0 Å². The largest absolute Gasteiger partial charge is 0.461 e. The Hall–Kier alpha value is -2.93. The van der Waals surface area contributed by atoms with E-state index in [2.05, 4.69) is 5.16 Å². The van der Waals surface area contributed by atoms with Gasteiger partial charge in [-0.2, -0.15) is 0 Å². The number of carbonyl (C=O) groups is 2. The second-order valence-corrected chi connectivity index (χ2v) is 8.24. The van der Waals surface area contributed by atoms with Crippen LogP contribution in [-0.2, 0) is 11.2 Å². The monoisotopic (exact) mass is 439 g/mol. The molecular weight excluding hydrogens is 417 g/mol. The van der Waals surface area contributed by atoms with E-state index >= 15 is 0 Å². The number of benzene rings is 2. The molecule has 5 nitrogen and oxygen atoms in total. The number of nitrogens with zero attached hydrogens (tertiary/aromatic N) is 1. The van der Waals surface area contributed by atoms with Gasteiger partial charge in [0.2, 0.25) is 5.69 Å². The van der Waals surface area contributed by atoms with E-state index in [1.165, 1.54) is 0 Å². The van der Waals surface area contributed by atoms with Gasteiger partial charge in [-0.1, -0.05) is 59.4 Å². The van der Waals surface area contributed by atoms with Crippen molar-refractivity contribution in [2.75, 3.05) is 12.6 Å². The van der Waals surface area contributed by atoms with Gasteiger partial charge in [0.15, 0.2) is 11.5 Å². The van der Waals surface area contributed by atoms with Gasteiger partial charge < -0.3 is 9.26 Å². The minimum Gasteiger partial charge on any atom is -0.461 e. The normalized spacial score (nSPS) is 13.2. The van der Waals surface area contributed by atoms with Crippen LogP contribution in [0.1, 0.15) is 69.0 Å². The number of halogens is 1. The predicted octanol–water partition coefficient (Wildman–Crippen LogP) is 5.57. The van der Waals surface area contributed by atoms with Gasteiger partial charge in [-0.05, 0) is 43.4 Å². The van der Waals surface area contributed by atoms with Crippen molar-refractivity contribution in [1.29, 1.82) is 0 Å². The van der Waals surface area contributed by atoms with Gasteiger partial charge in [0, 0.05) is 16.4 Å². The number of alkyl halides is 1. The van der Waals surface area contributed by atoms with Crippen LogP contribution >= 0.6 is 11.8 Å². The number of rotatable bonds is 9. The summed E-state index contributed by atoms with van der Waals surface area (Å²) >= 11 is 1.12. The zero-order valence-electron chi connectivity index (χ0n) is 17.1. The van der Waals surface area contributed by atoms with Gasteiger partial charge in [0.25, 0.3) is 0 Å². The fraction of sp³-hybridized carbons (Fsp3) is 0.292. The van der Waals surface area contributed by atoms with Crippen LogP contribution in [0.25, 0.3) is 0 Å². The maximum Gasteiger partial charge on any atom is 0.361 e. The SMILES string of the molecule is CCOC(=O)c1noc(C2CC2)c1C(=O)c1ccccc1Cc1ccccc1SCF. The molecule has 0 aliphatic heterocycles. The molecule has 1 saturated carbocycles. The summed E-state index contributed by atoms with van der Waals surface area (Å²) in [5.41, 5.74) is 2.32. The summed E-state index contributed by atoms with van der Waals surface area (Å²) in [6.45, 7) is 1.88. The molecule has 1 fully saturated rings. The van der Waals surface area contributed by atoms with Crippen molar-refractivity contribution in [3.63, 3.8) is 0 Å². The number of aromatic nitrogens is 1. The number of esters is 1. The van der Waals surface area contributed by atoms with Gasteiger partial charge in [-0.3, -0.25) is 4.79 Å². The Labute approximate surface area is 184 Å². The first-order chi connectivity index (χ1) is 15.1. The van der Waals surface area contributed by atoms with Crippen molar-refractivity contribution >= 4 is 23.5 Å². The third-order valence-corrected chi connectivity index (χ3v) is 6.01. The van der Waals surface area contributed by atoms with Crippen molar-refractivity contribution in [2.45, 2.75) is 37.0 Å². The van der Waals surface area contributed by atoms with Crippen LogP contribution in [0.4, 0.5) is 4.39 Å². The molecule has 0 spiro atoms. The van der Waals surface area contributed by atoms with E-state index in [0.29, 0.717) is 17.7 Å². The highest BCUT2D eigenvalue weighted by atomic mass is 32.2. The molecule has 1 aliphatic rings. The second kappa shape index (κ2) is 9.47. The zero-order chi connectivity index (χ0) is 21.8. The maximum absolute atomic E-state index is 13.6. The molecule has 0 bridgehead atoms. The lowest BCUT2D eigenvalue weighted by Crippen LogP contribution is -2.14. The number of carbonyl (C=O) groups excluding carboxylic acids is 2. The summed E-state index contributed by atoms with van der Waals surface area (Å²) in [7, 11) is 0. The summed E-state index contributed by atoms with van der Waals surface area (Å²) in [5.74, 6) is -0.416. The van der Waals surface area contributed by atoms with Crippen LogP contribution in [0.5, 0.6) is 0 Å². The Morgan fingerprint density at radius 1 is 1.13 bits per heavy atom. The van der Waals surface area contributed by atoms with Crippen LogP contribution in [0.2, 0.25) is 0 Å². The molecule has 31 heavy (non-hydrogen) atoms. The third kappa shape index (κ3) is 4.56. The first-order valence-corrected chi connectivity index (χ1v) is 11.2. The maximum atomic E-state index is 13.6. The predicted molar refractivity (Wildman–Crippen MR) is 115 cm³/mol. The lowest BCUT2D eigenvalue weighted by atomic mass is 9.92. The van der Waals surface area contributed by atoms with E-state index in [1.54, 1.807) is 19.1 Å². The highest BCUT2D eigenvalue weighted by Gasteiger charge is 2.37. The van der Waals surface area contributed by atoms with Crippen LogP contribution in [0.15, 0.2) is 57.9 Å². The summed E-state index contributed by atoms with van der Waals surface area (Å²) in [5, 5.41) is 3.88. The van der Waals surface area contributed by atoms with Crippen molar-refractivity contribution in [3.05, 3.63) is 82.2 Å². The third-order valence-electron chi connectivity index (χ3n) is 5.19. The summed E-state index contributed by atoms with van der Waals surface area (Å²) in [6.07, 6.45) is 2.25. The standard InChI is InChI=1S/C24H22FNO4S/c1-2-29-24(28)21-20(23(30-26-21)15-11-12-15)22(27)18-9-5-3-7-16(18)13-17-8-4-6-10-19(17)31-14-25/h3-10,15H,2,11-14H2,1H3. The van der Waals surface area contributed by atoms with Crippen LogP contribution in [0.3, 0.4) is 0 Å². The van der Waals surface area contributed by atoms with Crippen LogP contribution < -0.4 is 0 Å². The number of hydrogen-bond acceptors (Lipinski definition) is 6. The molecule has 0 unspecified atom stereocenters. The molecule has 7 heteroatoms. The van der Waals surface area contributed by atoms with Crippen LogP contribution in [-0.4, -0.2) is 29.5 Å². The van der Waals surface area contributed by atoms with E-state index in [9.17, 15) is 14.0 Å². The molecular formula is C24H22FNO4S. The Balaban J connectivity index is 1.73. The highest BCUT2D eigenvalue weighted by molar-refractivity contribution is 7.99. The molecule has 2 aromatic carbocycles.